The first-order valence-corrected chi connectivity index (χ1v) is 9.80. The fourth-order valence-corrected chi connectivity index (χ4v) is 3.92. The molecule has 1 aliphatic heterocycles. The molecule has 2 aromatic carbocycles. The number of hydrogen-bond donors (Lipinski definition) is 1. The van der Waals surface area contributed by atoms with Gasteiger partial charge in [-0.2, -0.15) is 0 Å². The summed E-state index contributed by atoms with van der Waals surface area (Å²) in [5.74, 6) is 1.00. The predicted molar refractivity (Wildman–Crippen MR) is 108 cm³/mol. The van der Waals surface area contributed by atoms with Gasteiger partial charge >= 0.3 is 0 Å². The lowest BCUT2D eigenvalue weighted by atomic mass is 9.88. The van der Waals surface area contributed by atoms with Crippen molar-refractivity contribution in [2.45, 2.75) is 26.3 Å². The molecule has 0 aliphatic carbocycles. The number of hydrogen-bond acceptors (Lipinski definition) is 4. The van der Waals surface area contributed by atoms with Crippen LogP contribution in [0.4, 0.5) is 0 Å². The molecule has 0 aromatic heterocycles. The largest absolute Gasteiger partial charge is 0.491 e. The van der Waals surface area contributed by atoms with Gasteiger partial charge in [0.25, 0.3) is 0 Å². The topological polar surface area (TPSA) is 49.8 Å². The van der Waals surface area contributed by atoms with Gasteiger partial charge in [-0.1, -0.05) is 23.7 Å². The maximum absolute atomic E-state index is 13.0. The number of aliphatic hydroxyl groups is 1. The van der Waals surface area contributed by atoms with Crippen LogP contribution >= 0.6 is 11.6 Å². The minimum absolute atomic E-state index is 0.00423. The molecule has 3 rings (SSSR count). The second-order valence-corrected chi connectivity index (χ2v) is 7.55. The number of carbonyl (C=O) groups is 1. The van der Waals surface area contributed by atoms with Crippen LogP contribution in [0.3, 0.4) is 0 Å². The summed E-state index contributed by atoms with van der Waals surface area (Å²) in [4.78, 5) is 15.3. The van der Waals surface area contributed by atoms with E-state index in [1.807, 2.05) is 37.3 Å². The second-order valence-electron chi connectivity index (χ2n) is 7.12. The molecular formula is C22H26ClNO3. The molecule has 1 saturated heterocycles. The molecule has 0 bridgehead atoms. The molecule has 2 aromatic rings. The average Bonchev–Trinajstić information content (AvgIpc) is 2.66. The fourth-order valence-electron chi connectivity index (χ4n) is 3.69. The predicted octanol–water partition coefficient (Wildman–Crippen LogP) is 4.11. The van der Waals surface area contributed by atoms with Gasteiger partial charge < -0.3 is 9.84 Å². The van der Waals surface area contributed by atoms with Crippen molar-refractivity contribution in [1.29, 1.82) is 0 Å². The zero-order valence-corrected chi connectivity index (χ0v) is 16.4. The van der Waals surface area contributed by atoms with E-state index in [-0.39, 0.29) is 18.3 Å². The van der Waals surface area contributed by atoms with Gasteiger partial charge in [-0.25, -0.2) is 0 Å². The van der Waals surface area contributed by atoms with Crippen molar-refractivity contribution in [3.63, 3.8) is 0 Å². The molecule has 1 N–H and O–H groups in total. The summed E-state index contributed by atoms with van der Waals surface area (Å²) in [6, 6.07) is 13.4. The maximum atomic E-state index is 13.0. The number of likely N-dealkylation sites (tertiary alicyclic amines) is 1. The highest BCUT2D eigenvalue weighted by atomic mass is 35.5. The summed E-state index contributed by atoms with van der Waals surface area (Å²) in [7, 11) is 0. The van der Waals surface area contributed by atoms with Crippen LogP contribution in [0.5, 0.6) is 5.75 Å². The molecular weight excluding hydrogens is 362 g/mol. The molecule has 0 spiro atoms. The molecule has 0 radical (unpaired) electrons. The number of aliphatic hydroxyl groups excluding tert-OH is 1. The Morgan fingerprint density at radius 2 is 2.15 bits per heavy atom. The number of rotatable bonds is 7. The maximum Gasteiger partial charge on any atom is 0.167 e. The van der Waals surface area contributed by atoms with Crippen molar-refractivity contribution >= 4 is 17.4 Å². The number of carbonyl (C=O) groups excluding carboxylic acids is 1. The number of Topliss-reactive ketones (excluding diaryl/α,β-unsaturated/α-hetero) is 1. The van der Waals surface area contributed by atoms with E-state index < -0.39 is 0 Å². The van der Waals surface area contributed by atoms with Crippen molar-refractivity contribution in [2.75, 3.05) is 26.3 Å². The molecule has 5 heteroatoms. The van der Waals surface area contributed by atoms with Gasteiger partial charge in [-0.3, -0.25) is 9.69 Å². The zero-order chi connectivity index (χ0) is 19.2. The highest BCUT2D eigenvalue weighted by Crippen LogP contribution is 2.25. The number of nitrogens with zero attached hydrogens (tertiary/aromatic N) is 1. The zero-order valence-electron chi connectivity index (χ0n) is 15.7. The minimum Gasteiger partial charge on any atom is -0.491 e. The molecule has 1 atom stereocenters. The Hall–Kier alpha value is -1.88. The van der Waals surface area contributed by atoms with E-state index in [1.165, 1.54) is 0 Å². The number of ether oxygens (including phenoxy) is 1. The standard InChI is InChI=1S/C22H26ClNO3/c1-16-12-19(23)7-8-21(16)22(26)18-5-3-9-24(15-18)14-17-4-2-6-20(13-17)27-11-10-25/h2,4,6-8,12-13,18,25H,3,5,9-11,14-15H2,1H3/t18-/m1/s1. The first-order valence-electron chi connectivity index (χ1n) is 9.42. The Morgan fingerprint density at radius 1 is 1.30 bits per heavy atom. The van der Waals surface area contributed by atoms with Crippen LogP contribution in [0.1, 0.15) is 34.3 Å². The van der Waals surface area contributed by atoms with E-state index in [9.17, 15) is 4.79 Å². The lowest BCUT2D eigenvalue weighted by molar-refractivity contribution is 0.0811. The van der Waals surface area contributed by atoms with E-state index >= 15 is 0 Å². The third-order valence-electron chi connectivity index (χ3n) is 4.99. The third-order valence-corrected chi connectivity index (χ3v) is 5.23. The lowest BCUT2D eigenvalue weighted by Crippen LogP contribution is -2.38. The fraction of sp³-hybridized carbons (Fsp3) is 0.409. The normalized spacial score (nSPS) is 17.7. The first-order chi connectivity index (χ1) is 13.1. The number of benzene rings is 2. The van der Waals surface area contributed by atoms with Gasteiger partial charge in [-0.15, -0.1) is 0 Å². The monoisotopic (exact) mass is 387 g/mol. The first kappa shape index (κ1) is 19.9. The van der Waals surface area contributed by atoms with Crippen LogP contribution in [0.25, 0.3) is 0 Å². The molecule has 0 unspecified atom stereocenters. The van der Waals surface area contributed by atoms with Crippen molar-refractivity contribution in [1.82, 2.24) is 4.90 Å². The molecule has 0 saturated carbocycles. The van der Waals surface area contributed by atoms with E-state index in [0.29, 0.717) is 11.6 Å². The summed E-state index contributed by atoms with van der Waals surface area (Å²) in [5.41, 5.74) is 2.88. The van der Waals surface area contributed by atoms with Gasteiger partial charge in [0.2, 0.25) is 0 Å². The average molecular weight is 388 g/mol. The summed E-state index contributed by atoms with van der Waals surface area (Å²) in [6.07, 6.45) is 1.95. The lowest BCUT2D eigenvalue weighted by Gasteiger charge is -2.32. The highest BCUT2D eigenvalue weighted by molar-refractivity contribution is 6.30. The van der Waals surface area contributed by atoms with E-state index in [1.54, 1.807) is 6.07 Å². The smallest absolute Gasteiger partial charge is 0.167 e. The highest BCUT2D eigenvalue weighted by Gasteiger charge is 2.27. The Labute approximate surface area is 165 Å². The Balaban J connectivity index is 1.65. The number of piperidine rings is 1. The van der Waals surface area contributed by atoms with Crippen LogP contribution < -0.4 is 4.74 Å². The molecule has 1 aliphatic rings. The molecule has 144 valence electrons. The van der Waals surface area contributed by atoms with Gasteiger partial charge in [0.1, 0.15) is 12.4 Å². The van der Waals surface area contributed by atoms with Gasteiger partial charge in [-0.05, 0) is 67.8 Å². The summed E-state index contributed by atoms with van der Waals surface area (Å²) >= 11 is 6.02. The van der Waals surface area contributed by atoms with Crippen molar-refractivity contribution in [2.24, 2.45) is 5.92 Å². The SMILES string of the molecule is Cc1cc(Cl)ccc1C(=O)[C@@H]1CCCN(Cc2cccc(OCCO)c2)C1. The van der Waals surface area contributed by atoms with Crippen molar-refractivity contribution < 1.29 is 14.6 Å². The van der Waals surface area contributed by atoms with Gasteiger partial charge in [0.05, 0.1) is 6.61 Å². The summed E-state index contributed by atoms with van der Waals surface area (Å²) in [5, 5.41) is 9.56. The van der Waals surface area contributed by atoms with E-state index in [0.717, 1.165) is 54.9 Å². The summed E-state index contributed by atoms with van der Waals surface area (Å²) < 4.78 is 5.49. The van der Waals surface area contributed by atoms with Crippen LogP contribution in [-0.2, 0) is 6.54 Å². The Kier molecular flexibility index (Phi) is 6.89. The van der Waals surface area contributed by atoms with Crippen LogP contribution in [0.2, 0.25) is 5.02 Å². The molecule has 27 heavy (non-hydrogen) atoms. The van der Waals surface area contributed by atoms with E-state index in [2.05, 4.69) is 11.0 Å². The Bertz CT molecular complexity index is 793. The van der Waals surface area contributed by atoms with Crippen molar-refractivity contribution in [3.8, 4) is 5.75 Å². The van der Waals surface area contributed by atoms with Crippen LogP contribution in [0.15, 0.2) is 42.5 Å². The van der Waals surface area contributed by atoms with Gasteiger partial charge in [0, 0.05) is 29.6 Å². The van der Waals surface area contributed by atoms with E-state index in [4.69, 9.17) is 21.4 Å². The third kappa shape index (κ3) is 5.32. The Morgan fingerprint density at radius 3 is 2.93 bits per heavy atom. The molecule has 1 heterocycles. The molecule has 4 nitrogen and oxygen atoms in total. The quantitative estimate of drug-likeness (QED) is 0.726. The van der Waals surface area contributed by atoms with Crippen LogP contribution in [0, 0.1) is 12.8 Å². The van der Waals surface area contributed by atoms with Gasteiger partial charge in [0.15, 0.2) is 5.78 Å². The van der Waals surface area contributed by atoms with Crippen LogP contribution in [-0.4, -0.2) is 42.1 Å². The van der Waals surface area contributed by atoms with Crippen molar-refractivity contribution in [3.05, 3.63) is 64.2 Å². The minimum atomic E-state index is 0.00423. The second kappa shape index (κ2) is 9.36. The number of halogens is 1. The molecule has 0 amide bonds. The number of ketones is 1. The number of aryl methyl sites for hydroxylation is 1. The molecule has 1 fully saturated rings. The summed E-state index contributed by atoms with van der Waals surface area (Å²) in [6.45, 7) is 4.79.